The first-order valence-corrected chi connectivity index (χ1v) is 10.9. The monoisotopic (exact) mass is 404 g/mol. The van der Waals surface area contributed by atoms with Crippen LogP contribution in [-0.2, 0) is 12.5 Å². The normalized spacial score (nSPS) is 19.9. The lowest BCUT2D eigenvalue weighted by atomic mass is 9.78. The minimum absolute atomic E-state index is 0.0602. The van der Waals surface area contributed by atoms with E-state index in [-0.39, 0.29) is 11.3 Å². The van der Waals surface area contributed by atoms with E-state index in [1.807, 2.05) is 0 Å². The fourth-order valence-corrected chi connectivity index (χ4v) is 4.25. The van der Waals surface area contributed by atoms with Gasteiger partial charge in [0.15, 0.2) is 0 Å². The van der Waals surface area contributed by atoms with Crippen LogP contribution in [0.1, 0.15) is 69.4 Å². The molecule has 0 spiro atoms. The van der Waals surface area contributed by atoms with E-state index >= 15 is 0 Å². The minimum atomic E-state index is -3.45. The molecule has 1 saturated carbocycles. The standard InChI is InChI=1S/C25H31F3O/c1-2-3-4-19-5-7-20(8-6-19)9-10-21-11-13-22(14-12-21)25(27,28)29-24-17-15-23(26)16-18-24/h11-20H,2-10H2,1H3. The summed E-state index contributed by atoms with van der Waals surface area (Å²) in [6.45, 7) is 2.25. The maximum atomic E-state index is 14.4. The van der Waals surface area contributed by atoms with Crippen molar-refractivity contribution in [2.45, 2.75) is 70.8 Å². The van der Waals surface area contributed by atoms with Gasteiger partial charge >= 0.3 is 6.11 Å². The molecule has 0 aromatic heterocycles. The van der Waals surface area contributed by atoms with E-state index in [1.54, 1.807) is 12.1 Å². The van der Waals surface area contributed by atoms with Gasteiger partial charge < -0.3 is 4.74 Å². The predicted molar refractivity (Wildman–Crippen MR) is 111 cm³/mol. The molecule has 0 aliphatic heterocycles. The molecule has 0 unspecified atom stereocenters. The maximum absolute atomic E-state index is 14.4. The van der Waals surface area contributed by atoms with Crippen LogP contribution < -0.4 is 4.74 Å². The highest BCUT2D eigenvalue weighted by atomic mass is 19.3. The Morgan fingerprint density at radius 3 is 2.03 bits per heavy atom. The number of hydrogen-bond acceptors (Lipinski definition) is 1. The summed E-state index contributed by atoms with van der Waals surface area (Å²) >= 11 is 0. The Morgan fingerprint density at radius 1 is 0.862 bits per heavy atom. The Bertz CT molecular complexity index is 732. The number of ether oxygens (including phenoxy) is 1. The molecule has 2 aromatic carbocycles. The zero-order valence-corrected chi connectivity index (χ0v) is 17.2. The highest BCUT2D eigenvalue weighted by molar-refractivity contribution is 5.28. The second kappa shape index (κ2) is 10.2. The van der Waals surface area contributed by atoms with Crippen LogP contribution in [0.3, 0.4) is 0 Å². The molecule has 0 amide bonds. The molecule has 1 fully saturated rings. The lowest BCUT2D eigenvalue weighted by Crippen LogP contribution is -2.21. The minimum Gasteiger partial charge on any atom is -0.429 e. The molecule has 2 aromatic rings. The summed E-state index contributed by atoms with van der Waals surface area (Å²) in [6.07, 6.45) is 7.89. The van der Waals surface area contributed by atoms with E-state index in [4.69, 9.17) is 4.74 Å². The van der Waals surface area contributed by atoms with Gasteiger partial charge in [-0.1, -0.05) is 64.0 Å². The van der Waals surface area contributed by atoms with Crippen molar-refractivity contribution in [3.8, 4) is 5.75 Å². The Morgan fingerprint density at radius 2 is 1.45 bits per heavy atom. The van der Waals surface area contributed by atoms with Gasteiger partial charge in [0, 0.05) is 0 Å². The molecule has 1 aliphatic rings. The molecule has 0 atom stereocenters. The Balaban J connectivity index is 1.48. The summed E-state index contributed by atoms with van der Waals surface area (Å²) in [5.41, 5.74) is 0.890. The topological polar surface area (TPSA) is 9.23 Å². The van der Waals surface area contributed by atoms with Crippen molar-refractivity contribution in [1.82, 2.24) is 0 Å². The van der Waals surface area contributed by atoms with E-state index in [0.717, 1.165) is 42.4 Å². The Labute approximate surface area is 172 Å². The average Bonchev–Trinajstić information content (AvgIpc) is 2.73. The van der Waals surface area contributed by atoms with E-state index in [0.29, 0.717) is 0 Å². The molecule has 1 nitrogen and oxygen atoms in total. The largest absolute Gasteiger partial charge is 0.429 e. The van der Waals surface area contributed by atoms with Crippen molar-refractivity contribution in [2.24, 2.45) is 11.8 Å². The van der Waals surface area contributed by atoms with Crippen molar-refractivity contribution in [1.29, 1.82) is 0 Å². The van der Waals surface area contributed by atoms with Crippen molar-refractivity contribution in [2.75, 3.05) is 0 Å². The van der Waals surface area contributed by atoms with Crippen LogP contribution in [0.4, 0.5) is 13.2 Å². The summed E-state index contributed by atoms with van der Waals surface area (Å²) in [7, 11) is 0. The van der Waals surface area contributed by atoms with Crippen LogP contribution in [0, 0.1) is 17.7 Å². The number of hydrogen-bond donors (Lipinski definition) is 0. The van der Waals surface area contributed by atoms with Crippen LogP contribution in [0.5, 0.6) is 5.75 Å². The second-order valence-electron chi connectivity index (χ2n) is 8.34. The summed E-state index contributed by atoms with van der Waals surface area (Å²) in [5.74, 6) is 1.12. The fourth-order valence-electron chi connectivity index (χ4n) is 4.25. The highest BCUT2D eigenvalue weighted by Crippen LogP contribution is 2.35. The molecule has 0 N–H and O–H groups in total. The summed E-state index contributed by atoms with van der Waals surface area (Å²) in [4.78, 5) is 0. The quantitative estimate of drug-likeness (QED) is 0.413. The molecule has 0 radical (unpaired) electrons. The van der Waals surface area contributed by atoms with Crippen LogP contribution >= 0.6 is 0 Å². The van der Waals surface area contributed by atoms with Gasteiger partial charge in [-0.3, -0.25) is 0 Å². The number of aryl methyl sites for hydroxylation is 1. The van der Waals surface area contributed by atoms with Crippen molar-refractivity contribution >= 4 is 0 Å². The van der Waals surface area contributed by atoms with Crippen LogP contribution in [0.2, 0.25) is 0 Å². The molecule has 4 heteroatoms. The summed E-state index contributed by atoms with van der Waals surface area (Å²) < 4.78 is 46.4. The maximum Gasteiger partial charge on any atom is 0.426 e. The molecular weight excluding hydrogens is 373 g/mol. The molecule has 3 rings (SSSR count). The van der Waals surface area contributed by atoms with Gasteiger partial charge in [-0.2, -0.15) is 8.78 Å². The van der Waals surface area contributed by atoms with E-state index < -0.39 is 11.9 Å². The van der Waals surface area contributed by atoms with Crippen LogP contribution in [0.25, 0.3) is 0 Å². The van der Waals surface area contributed by atoms with E-state index in [2.05, 4.69) is 6.92 Å². The second-order valence-corrected chi connectivity index (χ2v) is 8.34. The first kappa shape index (κ1) is 21.7. The lowest BCUT2D eigenvalue weighted by molar-refractivity contribution is -0.185. The van der Waals surface area contributed by atoms with Gasteiger partial charge in [0.05, 0.1) is 5.56 Å². The molecular formula is C25H31F3O. The predicted octanol–water partition coefficient (Wildman–Crippen LogP) is 7.88. The third kappa shape index (κ3) is 6.52. The van der Waals surface area contributed by atoms with E-state index in [9.17, 15) is 13.2 Å². The molecule has 0 bridgehead atoms. The number of unbranched alkanes of at least 4 members (excludes halogenated alkanes) is 1. The number of halogens is 3. The third-order valence-electron chi connectivity index (χ3n) is 6.12. The average molecular weight is 405 g/mol. The lowest BCUT2D eigenvalue weighted by Gasteiger charge is -2.28. The van der Waals surface area contributed by atoms with Gasteiger partial charge in [0.25, 0.3) is 0 Å². The number of benzene rings is 2. The zero-order chi connectivity index (χ0) is 20.7. The van der Waals surface area contributed by atoms with Crippen molar-refractivity contribution < 1.29 is 17.9 Å². The molecule has 0 saturated heterocycles. The van der Waals surface area contributed by atoms with Gasteiger partial charge in [-0.25, -0.2) is 4.39 Å². The summed E-state index contributed by atoms with van der Waals surface area (Å²) in [5, 5.41) is 0. The first-order valence-electron chi connectivity index (χ1n) is 10.9. The van der Waals surface area contributed by atoms with Crippen molar-refractivity contribution in [3.63, 3.8) is 0 Å². The van der Waals surface area contributed by atoms with Crippen LogP contribution in [-0.4, -0.2) is 0 Å². The van der Waals surface area contributed by atoms with E-state index in [1.165, 1.54) is 69.2 Å². The molecule has 1 aliphatic carbocycles. The van der Waals surface area contributed by atoms with Gasteiger partial charge in [0.2, 0.25) is 0 Å². The van der Waals surface area contributed by atoms with Crippen molar-refractivity contribution in [3.05, 3.63) is 65.5 Å². The van der Waals surface area contributed by atoms with Gasteiger partial charge in [0.1, 0.15) is 11.6 Å². The Kier molecular flexibility index (Phi) is 7.63. The van der Waals surface area contributed by atoms with Gasteiger partial charge in [-0.15, -0.1) is 0 Å². The SMILES string of the molecule is CCCCC1CCC(CCc2ccc(C(F)(F)Oc3ccc(F)cc3)cc2)CC1. The summed E-state index contributed by atoms with van der Waals surface area (Å²) in [6, 6.07) is 11.0. The highest BCUT2D eigenvalue weighted by Gasteiger charge is 2.34. The Hall–Kier alpha value is -1.97. The molecule has 29 heavy (non-hydrogen) atoms. The number of alkyl halides is 2. The fraction of sp³-hybridized carbons (Fsp3) is 0.520. The first-order chi connectivity index (χ1) is 14.0. The third-order valence-corrected chi connectivity index (χ3v) is 6.12. The van der Waals surface area contributed by atoms with Gasteiger partial charge in [-0.05, 0) is 66.6 Å². The molecule has 158 valence electrons. The zero-order valence-electron chi connectivity index (χ0n) is 17.2. The number of rotatable bonds is 9. The van der Waals surface area contributed by atoms with Crippen LogP contribution in [0.15, 0.2) is 48.5 Å². The smallest absolute Gasteiger partial charge is 0.426 e. The molecule has 0 heterocycles.